The van der Waals surface area contributed by atoms with Gasteiger partial charge in [0.05, 0.1) is 15.6 Å². The number of carbonyl (C=O) groups excluding carboxylic acids is 2. The van der Waals surface area contributed by atoms with Crippen molar-refractivity contribution in [2.24, 2.45) is 0 Å². The topological polar surface area (TPSA) is 86.8 Å². The Morgan fingerprint density at radius 1 is 0.778 bits per heavy atom. The molecule has 0 heterocycles. The number of halogens is 4. The normalized spacial score (nSPS) is 12.1. The summed E-state index contributed by atoms with van der Waals surface area (Å²) in [5.41, 5.74) is 1.37. The number of hydrogen-bond acceptors (Lipinski definition) is 4. The molecule has 7 nitrogen and oxygen atoms in total. The number of nitrogens with one attached hydrogen (secondary N) is 1. The van der Waals surface area contributed by atoms with E-state index < -0.39 is 34.4 Å². The van der Waals surface area contributed by atoms with Crippen LogP contribution in [0.2, 0.25) is 20.1 Å². The lowest BCUT2D eigenvalue weighted by Gasteiger charge is -2.34. The summed E-state index contributed by atoms with van der Waals surface area (Å²) >= 11 is 25.3. The van der Waals surface area contributed by atoms with Crippen LogP contribution < -0.4 is 9.62 Å². The minimum Gasteiger partial charge on any atom is -0.352 e. The van der Waals surface area contributed by atoms with Gasteiger partial charge < -0.3 is 10.2 Å². The van der Waals surface area contributed by atoms with Gasteiger partial charge in [-0.3, -0.25) is 13.9 Å². The fraction of sp³-hybridized carbons (Fsp3) is 0.212. The Morgan fingerprint density at radius 3 is 1.93 bits per heavy atom. The Bertz CT molecular complexity index is 1760. The fourth-order valence-corrected chi connectivity index (χ4v) is 7.17. The average Bonchev–Trinajstić information content (AvgIpc) is 2.99. The summed E-state index contributed by atoms with van der Waals surface area (Å²) in [6, 6.07) is 24.8. The van der Waals surface area contributed by atoms with E-state index in [0.29, 0.717) is 15.6 Å². The van der Waals surface area contributed by atoms with Crippen LogP contribution in [0, 0.1) is 0 Å². The molecule has 0 bridgehead atoms. The van der Waals surface area contributed by atoms with Crippen LogP contribution in [-0.4, -0.2) is 43.8 Å². The van der Waals surface area contributed by atoms with Crippen LogP contribution in [-0.2, 0) is 32.6 Å². The predicted octanol–water partition coefficient (Wildman–Crippen LogP) is 7.66. The first-order valence-corrected chi connectivity index (χ1v) is 16.9. The van der Waals surface area contributed by atoms with E-state index in [9.17, 15) is 18.0 Å². The van der Waals surface area contributed by atoms with Crippen molar-refractivity contribution in [2.45, 2.75) is 43.8 Å². The van der Waals surface area contributed by atoms with Crippen LogP contribution in [0.5, 0.6) is 0 Å². The quantitative estimate of drug-likeness (QED) is 0.164. The van der Waals surface area contributed by atoms with E-state index in [2.05, 4.69) is 5.32 Å². The molecule has 0 fully saturated rings. The third kappa shape index (κ3) is 8.93. The Labute approximate surface area is 283 Å². The van der Waals surface area contributed by atoms with Crippen molar-refractivity contribution in [3.05, 3.63) is 128 Å². The average molecular weight is 708 g/mol. The molecule has 1 N–H and O–H groups in total. The van der Waals surface area contributed by atoms with E-state index in [1.165, 1.54) is 35.2 Å². The maximum absolute atomic E-state index is 14.5. The zero-order valence-corrected chi connectivity index (χ0v) is 28.3. The molecule has 0 radical (unpaired) electrons. The highest BCUT2D eigenvalue weighted by Crippen LogP contribution is 2.33. The van der Waals surface area contributed by atoms with Crippen molar-refractivity contribution >= 4 is 73.9 Å². The molecule has 0 aliphatic heterocycles. The highest BCUT2D eigenvalue weighted by molar-refractivity contribution is 7.92. The molecule has 2 amide bonds. The standard InChI is InChI=1S/C33H31Cl4N3O4S/c1-22(2)38-33(42)31(17-23-9-5-3-6-10-23)39(20-24-13-14-25(34)18-28(24)36)32(41)21-40(30-16-15-26(35)19-29(30)37)45(43,44)27-11-7-4-8-12-27/h3-16,18-19,22,31H,17,20-21H2,1-2H3,(H,38,42). The van der Waals surface area contributed by atoms with Gasteiger partial charge in [-0.2, -0.15) is 0 Å². The van der Waals surface area contributed by atoms with Gasteiger partial charge in [0.15, 0.2) is 0 Å². The van der Waals surface area contributed by atoms with Crippen molar-refractivity contribution < 1.29 is 18.0 Å². The lowest BCUT2D eigenvalue weighted by atomic mass is 10.0. The van der Waals surface area contributed by atoms with Crippen molar-refractivity contribution in [3.8, 4) is 0 Å². The zero-order valence-electron chi connectivity index (χ0n) is 24.5. The SMILES string of the molecule is CC(C)NC(=O)C(Cc1ccccc1)N(Cc1ccc(Cl)cc1Cl)C(=O)CN(c1ccc(Cl)cc1Cl)S(=O)(=O)c1ccccc1. The summed E-state index contributed by atoms with van der Waals surface area (Å²) in [7, 11) is -4.31. The number of anilines is 1. The van der Waals surface area contributed by atoms with Gasteiger partial charge in [-0.25, -0.2) is 8.42 Å². The van der Waals surface area contributed by atoms with Gasteiger partial charge in [0.1, 0.15) is 12.6 Å². The minimum atomic E-state index is -4.31. The van der Waals surface area contributed by atoms with E-state index in [-0.39, 0.29) is 39.6 Å². The number of carbonyl (C=O) groups is 2. The largest absolute Gasteiger partial charge is 0.352 e. The second-order valence-electron chi connectivity index (χ2n) is 10.5. The molecule has 45 heavy (non-hydrogen) atoms. The lowest BCUT2D eigenvalue weighted by Crippen LogP contribution is -2.54. The van der Waals surface area contributed by atoms with Crippen molar-refractivity contribution in [1.29, 1.82) is 0 Å². The molecule has 1 atom stereocenters. The second-order valence-corrected chi connectivity index (χ2v) is 14.1. The molecule has 0 aliphatic carbocycles. The van der Waals surface area contributed by atoms with Crippen LogP contribution in [0.3, 0.4) is 0 Å². The van der Waals surface area contributed by atoms with E-state index in [4.69, 9.17) is 46.4 Å². The molecular formula is C33H31Cl4N3O4S. The maximum atomic E-state index is 14.5. The highest BCUT2D eigenvalue weighted by Gasteiger charge is 2.35. The van der Waals surface area contributed by atoms with E-state index in [1.54, 1.807) is 36.4 Å². The van der Waals surface area contributed by atoms with Crippen molar-refractivity contribution in [1.82, 2.24) is 10.2 Å². The van der Waals surface area contributed by atoms with Gasteiger partial charge in [0, 0.05) is 34.1 Å². The molecule has 4 rings (SSSR count). The Balaban J connectivity index is 1.84. The molecule has 12 heteroatoms. The summed E-state index contributed by atoms with van der Waals surface area (Å²) in [6.45, 7) is 2.85. The molecule has 0 saturated heterocycles. The van der Waals surface area contributed by atoms with Crippen LogP contribution in [0.25, 0.3) is 0 Å². The van der Waals surface area contributed by atoms with Gasteiger partial charge in [0.2, 0.25) is 11.8 Å². The van der Waals surface area contributed by atoms with E-state index in [0.717, 1.165) is 9.87 Å². The monoisotopic (exact) mass is 705 g/mol. The molecule has 0 saturated carbocycles. The number of rotatable bonds is 12. The number of benzene rings is 4. The Hall–Kier alpha value is -3.27. The van der Waals surface area contributed by atoms with Gasteiger partial charge in [0.25, 0.3) is 10.0 Å². The summed E-state index contributed by atoms with van der Waals surface area (Å²) < 4.78 is 29.1. The first-order chi connectivity index (χ1) is 21.4. The fourth-order valence-electron chi connectivity index (χ4n) is 4.68. The predicted molar refractivity (Wildman–Crippen MR) is 182 cm³/mol. The van der Waals surface area contributed by atoms with Gasteiger partial charge >= 0.3 is 0 Å². The van der Waals surface area contributed by atoms with Crippen LogP contribution in [0.1, 0.15) is 25.0 Å². The molecule has 0 aliphatic rings. The third-order valence-electron chi connectivity index (χ3n) is 6.85. The number of hydrogen-bond donors (Lipinski definition) is 1. The lowest BCUT2D eigenvalue weighted by molar-refractivity contribution is -0.140. The van der Waals surface area contributed by atoms with Gasteiger partial charge in [-0.1, -0.05) is 101 Å². The van der Waals surface area contributed by atoms with Gasteiger partial charge in [-0.05, 0) is 67.4 Å². The Morgan fingerprint density at radius 2 is 1.36 bits per heavy atom. The van der Waals surface area contributed by atoms with Crippen LogP contribution in [0.4, 0.5) is 5.69 Å². The van der Waals surface area contributed by atoms with E-state index in [1.807, 2.05) is 44.2 Å². The minimum absolute atomic E-state index is 0.0282. The molecular weight excluding hydrogens is 676 g/mol. The summed E-state index contributed by atoms with van der Waals surface area (Å²) in [6.07, 6.45) is 0.156. The highest BCUT2D eigenvalue weighted by atomic mass is 35.5. The third-order valence-corrected chi connectivity index (χ3v) is 9.75. The van der Waals surface area contributed by atoms with Gasteiger partial charge in [-0.15, -0.1) is 0 Å². The number of nitrogens with zero attached hydrogens (tertiary/aromatic N) is 2. The molecule has 236 valence electrons. The summed E-state index contributed by atoms with van der Waals surface area (Å²) in [4.78, 5) is 29.6. The Kier molecular flexibility index (Phi) is 11.8. The number of sulfonamides is 1. The smallest absolute Gasteiger partial charge is 0.264 e. The van der Waals surface area contributed by atoms with Crippen LogP contribution in [0.15, 0.2) is 102 Å². The molecule has 0 spiro atoms. The summed E-state index contributed by atoms with van der Waals surface area (Å²) in [5.74, 6) is -1.07. The zero-order chi connectivity index (χ0) is 32.7. The molecule has 4 aromatic rings. The van der Waals surface area contributed by atoms with Crippen LogP contribution >= 0.6 is 46.4 Å². The summed E-state index contributed by atoms with van der Waals surface area (Å²) in [5, 5.41) is 3.92. The first kappa shape index (κ1) is 34.6. The first-order valence-electron chi connectivity index (χ1n) is 14.0. The van der Waals surface area contributed by atoms with Crippen molar-refractivity contribution in [3.63, 3.8) is 0 Å². The molecule has 0 aromatic heterocycles. The van der Waals surface area contributed by atoms with E-state index >= 15 is 0 Å². The number of amides is 2. The molecule has 4 aromatic carbocycles. The van der Waals surface area contributed by atoms with Crippen molar-refractivity contribution in [2.75, 3.05) is 10.8 Å². The maximum Gasteiger partial charge on any atom is 0.264 e. The molecule has 1 unspecified atom stereocenters. The second kappa shape index (κ2) is 15.3.